The van der Waals surface area contributed by atoms with Crippen LogP contribution in [0.5, 0.6) is 23.0 Å². The van der Waals surface area contributed by atoms with Gasteiger partial charge in [0.1, 0.15) is 31.1 Å². The Kier molecular flexibility index (Phi) is 17.1. The first-order valence-electron chi connectivity index (χ1n) is 26.5. The summed E-state index contributed by atoms with van der Waals surface area (Å²) in [6.45, 7) is 30.2. The highest BCUT2D eigenvalue weighted by Crippen LogP contribution is 2.60. The topological polar surface area (TPSA) is 84.0 Å². The predicted octanol–water partition coefficient (Wildman–Crippen LogP) is 15.7. The van der Waals surface area contributed by atoms with E-state index < -0.39 is 19.3 Å². The fourth-order valence-corrected chi connectivity index (χ4v) is 12.5. The van der Waals surface area contributed by atoms with Gasteiger partial charge in [-0.1, -0.05) is 62.0 Å². The van der Waals surface area contributed by atoms with Gasteiger partial charge < -0.3 is 38.5 Å². The maximum Gasteiger partial charge on any atom is 0.340 e. The molecule has 0 radical (unpaired) electrons. The lowest BCUT2D eigenvalue weighted by Crippen LogP contribution is -2.34. The van der Waals surface area contributed by atoms with Gasteiger partial charge in [-0.25, -0.2) is 9.59 Å². The number of benzene rings is 6. The molecule has 10 nitrogen and oxygen atoms in total. The van der Waals surface area contributed by atoms with E-state index in [-0.39, 0.29) is 11.9 Å². The first-order chi connectivity index (χ1) is 36.9. The van der Waals surface area contributed by atoms with Crippen LogP contribution in [0, 0.1) is 24.3 Å². The molecule has 14 heteroatoms. The van der Waals surface area contributed by atoms with Gasteiger partial charge in [0.2, 0.25) is 0 Å². The molecule has 77 heavy (non-hydrogen) atoms. The van der Waals surface area contributed by atoms with Crippen LogP contribution in [0.1, 0.15) is 115 Å². The number of terminal acetylenes is 2. The van der Waals surface area contributed by atoms with Crippen molar-refractivity contribution in [1.29, 1.82) is 0 Å². The molecule has 6 aromatic carbocycles. The third-order valence-electron chi connectivity index (χ3n) is 14.8. The fraction of sp³-hybridized carbons (Fsp3) is 0.333. The van der Waals surface area contributed by atoms with Crippen molar-refractivity contribution in [1.82, 2.24) is 0 Å². The van der Waals surface area contributed by atoms with Crippen LogP contribution in [0.25, 0.3) is 0 Å². The average Bonchev–Trinajstić information content (AvgIpc) is 4.17. The second kappa shape index (κ2) is 23.0. The minimum Gasteiger partial charge on any atom is -0.456 e. The quantitative estimate of drug-likeness (QED) is 0.0671. The molecular formula is C63H67Br3N4O6Si. The summed E-state index contributed by atoms with van der Waals surface area (Å²) in [7, 11) is -1.10. The summed E-state index contributed by atoms with van der Waals surface area (Å²) in [5.74, 6) is 4.86. The minimum absolute atomic E-state index is 0.327. The normalized spacial score (nSPS) is 15.4. The number of fused-ring (bicyclic) bond motifs is 12. The zero-order valence-electron chi connectivity index (χ0n) is 45.9. The zero-order valence-corrected chi connectivity index (χ0v) is 51.7. The van der Waals surface area contributed by atoms with E-state index in [0.29, 0.717) is 34.1 Å². The van der Waals surface area contributed by atoms with Crippen LogP contribution >= 0.6 is 47.8 Å². The number of hydrogen-bond acceptors (Lipinski definition) is 10. The van der Waals surface area contributed by atoms with E-state index in [4.69, 9.17) is 31.8 Å². The Morgan fingerprint density at radius 2 is 0.740 bits per heavy atom. The molecular weight excluding hydrogens is 1180 g/mol. The van der Waals surface area contributed by atoms with Crippen molar-refractivity contribution in [3.63, 3.8) is 0 Å². The summed E-state index contributed by atoms with van der Waals surface area (Å²) in [6.07, 6.45) is 11.1. The van der Waals surface area contributed by atoms with Crippen LogP contribution in [0.2, 0.25) is 19.6 Å². The molecule has 0 saturated carbocycles. The second-order valence-electron chi connectivity index (χ2n) is 19.9. The standard InChI is InChI=1S/C30H29BrN2O3.C28H28Br2N2O3.C5H10Si/c1-6-19-15-22-27(17-25(19)32(7-2)8-3)35-28-18-26(33(9-4)10-5)24(31)16-23(28)30(22)21-14-12-11-13-20(21)29(34)36-30;1-5-31(6-2)23-15-25-19(13-21(23)29)28(18-12-10-9-11-17(18)27(33)35-28)20-14-22(30)24(16-26(20)34-25)32(7-3)8-4;1-5-6(2,3)4/h1,11-18H,7-10H2,2-5H3;9-16H,5-8H2,1-4H3;1H,2-4H3. The molecule has 0 bridgehead atoms. The van der Waals surface area contributed by atoms with Crippen molar-refractivity contribution in [3.05, 3.63) is 161 Å². The van der Waals surface area contributed by atoms with E-state index in [1.54, 1.807) is 0 Å². The largest absolute Gasteiger partial charge is 0.456 e. The van der Waals surface area contributed by atoms with Crippen molar-refractivity contribution in [2.75, 3.05) is 72.0 Å². The molecule has 0 aliphatic carbocycles. The van der Waals surface area contributed by atoms with E-state index in [9.17, 15) is 9.59 Å². The number of esters is 2. The lowest BCUT2D eigenvalue weighted by molar-refractivity contribution is 0.0214. The summed E-state index contributed by atoms with van der Waals surface area (Å²) >= 11 is 11.4. The molecule has 0 amide bonds. The Bertz CT molecular complexity index is 3280. The number of halogens is 3. The molecule has 6 aromatic rings. The Morgan fingerprint density at radius 1 is 0.455 bits per heavy atom. The molecule has 2 spiro atoms. The van der Waals surface area contributed by atoms with Gasteiger partial charge >= 0.3 is 11.9 Å². The van der Waals surface area contributed by atoms with Gasteiger partial charge in [0.05, 0.1) is 33.9 Å². The van der Waals surface area contributed by atoms with E-state index in [2.05, 4.69) is 166 Å². The Morgan fingerprint density at radius 3 is 1.04 bits per heavy atom. The van der Waals surface area contributed by atoms with Gasteiger partial charge in [0.15, 0.2) is 11.2 Å². The Balaban J connectivity index is 0.000000184. The summed E-state index contributed by atoms with van der Waals surface area (Å²) in [6, 6.07) is 31.4. The molecule has 1 atom stereocenters. The highest BCUT2D eigenvalue weighted by Gasteiger charge is 2.56. The van der Waals surface area contributed by atoms with Crippen LogP contribution < -0.4 is 29.1 Å². The molecule has 400 valence electrons. The average molecular weight is 1240 g/mol. The smallest absolute Gasteiger partial charge is 0.340 e. The lowest BCUT2D eigenvalue weighted by atomic mass is 9.77. The molecule has 0 saturated heterocycles. The molecule has 10 rings (SSSR count). The maximum atomic E-state index is 13.2. The van der Waals surface area contributed by atoms with Gasteiger partial charge in [0, 0.05) is 129 Å². The van der Waals surface area contributed by atoms with E-state index in [1.165, 1.54) is 0 Å². The maximum absolute atomic E-state index is 13.2. The summed E-state index contributed by atoms with van der Waals surface area (Å²) < 4.78 is 28.7. The summed E-state index contributed by atoms with van der Waals surface area (Å²) in [5.41, 5.74) is 11.2. The first kappa shape index (κ1) is 57.0. The van der Waals surface area contributed by atoms with Gasteiger partial charge in [-0.2, -0.15) is 0 Å². The van der Waals surface area contributed by atoms with E-state index in [0.717, 1.165) is 127 Å². The SMILES string of the molecule is C#C[Si](C)(C)C.C#Cc1cc2c(cc1N(CC)CC)Oc1cc(N(CC)CC)c(Br)cc1C21OC(=O)c2ccccc21.CCN(CC)c1cc2c(cc1Br)C1(OC(=O)c3ccccc31)c1cc(Br)c(N(CC)CC)cc1O2. The van der Waals surface area contributed by atoms with Crippen LogP contribution in [0.4, 0.5) is 22.7 Å². The van der Waals surface area contributed by atoms with Gasteiger partial charge in [-0.05, 0) is 140 Å². The van der Waals surface area contributed by atoms with E-state index in [1.807, 2.05) is 84.9 Å². The predicted molar refractivity (Wildman–Crippen MR) is 327 cm³/mol. The molecule has 4 aliphatic rings. The summed E-state index contributed by atoms with van der Waals surface area (Å²) in [4.78, 5) is 35.4. The van der Waals surface area contributed by atoms with Crippen LogP contribution in [-0.2, 0) is 20.7 Å². The van der Waals surface area contributed by atoms with Crippen molar-refractivity contribution < 1.29 is 28.5 Å². The highest BCUT2D eigenvalue weighted by atomic mass is 79.9. The number of anilines is 4. The fourth-order valence-electron chi connectivity index (χ4n) is 10.8. The van der Waals surface area contributed by atoms with Gasteiger partial charge in [0.25, 0.3) is 0 Å². The molecule has 1 unspecified atom stereocenters. The minimum atomic E-state index is -1.16. The summed E-state index contributed by atoms with van der Waals surface area (Å²) in [5, 5.41) is 0. The van der Waals surface area contributed by atoms with Crippen LogP contribution in [-0.4, -0.2) is 72.4 Å². The second-order valence-corrected chi connectivity index (χ2v) is 27.3. The molecule has 4 aliphatic heterocycles. The van der Waals surface area contributed by atoms with E-state index >= 15 is 0 Å². The number of nitrogens with zero attached hydrogens (tertiary/aromatic N) is 4. The molecule has 0 N–H and O–H groups in total. The Hall–Kier alpha value is -6.16. The van der Waals surface area contributed by atoms with Crippen LogP contribution in [0.3, 0.4) is 0 Å². The Labute approximate surface area is 481 Å². The number of hydrogen-bond donors (Lipinski definition) is 0. The highest BCUT2D eigenvalue weighted by molar-refractivity contribution is 9.11. The van der Waals surface area contributed by atoms with Gasteiger partial charge in [-0.3, -0.25) is 0 Å². The lowest BCUT2D eigenvalue weighted by Gasteiger charge is -2.38. The van der Waals surface area contributed by atoms with Crippen LogP contribution in [0.15, 0.2) is 110 Å². The number of ether oxygens (including phenoxy) is 4. The van der Waals surface area contributed by atoms with Gasteiger partial charge in [-0.15, -0.1) is 18.4 Å². The van der Waals surface area contributed by atoms with Crippen molar-refractivity contribution in [2.45, 2.75) is 86.2 Å². The van der Waals surface area contributed by atoms with Crippen molar-refractivity contribution in [3.8, 4) is 47.3 Å². The third-order valence-corrected chi connectivity index (χ3v) is 17.5. The number of carbonyl (C=O) groups excluding carboxylic acids is 2. The molecule has 4 heterocycles. The molecule has 0 fully saturated rings. The van der Waals surface area contributed by atoms with Crippen molar-refractivity contribution in [2.24, 2.45) is 0 Å². The number of rotatable bonds is 12. The molecule has 0 aromatic heterocycles. The number of carbonyl (C=O) groups is 2. The van der Waals surface area contributed by atoms with Crippen molar-refractivity contribution >= 4 is 90.6 Å². The zero-order chi connectivity index (χ0) is 55.7. The first-order valence-corrected chi connectivity index (χ1v) is 32.4. The monoisotopic (exact) mass is 1240 g/mol. The third kappa shape index (κ3) is 10.0.